The maximum atomic E-state index is 4.77. The summed E-state index contributed by atoms with van der Waals surface area (Å²) in [5, 5.41) is 5.66. The van der Waals surface area contributed by atoms with E-state index >= 15 is 0 Å². The topological polar surface area (TPSA) is 60.9 Å². The average Bonchev–Trinajstić information content (AvgIpc) is 3.14. The predicted octanol–water partition coefficient (Wildman–Crippen LogP) is 3.56. The second-order valence-corrected chi connectivity index (χ2v) is 6.10. The third-order valence-electron chi connectivity index (χ3n) is 4.60. The van der Waals surface area contributed by atoms with Crippen LogP contribution >= 0.6 is 0 Å². The lowest BCUT2D eigenvalue weighted by Crippen LogP contribution is -2.01. The van der Waals surface area contributed by atoms with Crippen molar-refractivity contribution in [3.63, 3.8) is 0 Å². The zero-order valence-electron chi connectivity index (χ0n) is 14.2. The minimum atomic E-state index is 0.677. The molecular weight excluding hydrogens is 300 g/mol. The van der Waals surface area contributed by atoms with Crippen LogP contribution in [0.1, 0.15) is 31.0 Å². The quantitative estimate of drug-likeness (QED) is 0.577. The van der Waals surface area contributed by atoms with Gasteiger partial charge in [-0.25, -0.2) is 14.5 Å². The Bertz CT molecular complexity index is 1010. The van der Waals surface area contributed by atoms with Crippen LogP contribution in [0.5, 0.6) is 0 Å². The first-order valence-electron chi connectivity index (χ1n) is 8.32. The first-order chi connectivity index (χ1) is 11.7. The number of pyridine rings is 1. The van der Waals surface area contributed by atoms with Crippen LogP contribution < -0.4 is 0 Å². The van der Waals surface area contributed by atoms with Crippen molar-refractivity contribution in [3.05, 3.63) is 42.1 Å². The summed E-state index contributed by atoms with van der Waals surface area (Å²) in [6.45, 7) is 7.49. The van der Waals surface area contributed by atoms with E-state index in [-0.39, 0.29) is 0 Å². The minimum Gasteiger partial charge on any atom is -0.329 e. The molecule has 0 saturated carbocycles. The molecule has 4 aromatic heterocycles. The van der Waals surface area contributed by atoms with Gasteiger partial charge in [-0.15, -0.1) is 5.10 Å². The van der Waals surface area contributed by atoms with Crippen molar-refractivity contribution in [2.24, 2.45) is 0 Å². The van der Waals surface area contributed by atoms with Crippen LogP contribution in [0.4, 0.5) is 0 Å². The van der Waals surface area contributed by atoms with Gasteiger partial charge in [-0.3, -0.25) is 4.98 Å². The molecule has 6 heteroatoms. The highest BCUT2D eigenvalue weighted by molar-refractivity contribution is 5.94. The van der Waals surface area contributed by atoms with Gasteiger partial charge in [0.1, 0.15) is 12.0 Å². The third kappa shape index (κ3) is 2.18. The van der Waals surface area contributed by atoms with Gasteiger partial charge in [0.15, 0.2) is 11.5 Å². The average molecular weight is 320 g/mol. The van der Waals surface area contributed by atoms with Crippen molar-refractivity contribution < 1.29 is 0 Å². The molecule has 0 saturated heterocycles. The summed E-state index contributed by atoms with van der Waals surface area (Å²) >= 11 is 0. The molecule has 0 aliphatic carbocycles. The SMILES string of the molecule is CCCCn1c(C)c(C)c2c1ncn1nc(-c3cccnc3)nc21. The second kappa shape index (κ2) is 5.70. The molecule has 4 heterocycles. The van der Waals surface area contributed by atoms with E-state index < -0.39 is 0 Å². The molecule has 24 heavy (non-hydrogen) atoms. The molecule has 4 aromatic rings. The summed E-state index contributed by atoms with van der Waals surface area (Å²) in [5.74, 6) is 0.677. The lowest BCUT2D eigenvalue weighted by molar-refractivity contribution is 0.631. The molecule has 0 spiro atoms. The van der Waals surface area contributed by atoms with Gasteiger partial charge in [-0.2, -0.15) is 0 Å². The smallest absolute Gasteiger partial charge is 0.183 e. The molecule has 0 unspecified atom stereocenters. The highest BCUT2D eigenvalue weighted by Crippen LogP contribution is 2.28. The monoisotopic (exact) mass is 320 g/mol. The van der Waals surface area contributed by atoms with E-state index in [0.29, 0.717) is 5.82 Å². The van der Waals surface area contributed by atoms with Gasteiger partial charge in [0.25, 0.3) is 0 Å². The van der Waals surface area contributed by atoms with Gasteiger partial charge >= 0.3 is 0 Å². The van der Waals surface area contributed by atoms with Crippen LogP contribution in [0.25, 0.3) is 28.1 Å². The van der Waals surface area contributed by atoms with E-state index in [0.717, 1.165) is 41.6 Å². The summed E-state index contributed by atoms with van der Waals surface area (Å²) in [6, 6.07) is 3.86. The molecule has 0 aliphatic rings. The predicted molar refractivity (Wildman–Crippen MR) is 93.9 cm³/mol. The molecule has 0 amide bonds. The van der Waals surface area contributed by atoms with Crippen molar-refractivity contribution in [1.82, 2.24) is 29.1 Å². The molecule has 122 valence electrons. The van der Waals surface area contributed by atoms with Crippen molar-refractivity contribution in [3.8, 4) is 11.4 Å². The maximum Gasteiger partial charge on any atom is 0.183 e. The Morgan fingerprint density at radius 3 is 2.79 bits per heavy atom. The van der Waals surface area contributed by atoms with Gasteiger partial charge in [-0.05, 0) is 38.0 Å². The van der Waals surface area contributed by atoms with E-state index in [1.807, 2.05) is 12.1 Å². The summed E-state index contributed by atoms with van der Waals surface area (Å²) in [5.41, 5.74) is 5.24. The highest BCUT2D eigenvalue weighted by Gasteiger charge is 2.18. The van der Waals surface area contributed by atoms with Crippen LogP contribution in [-0.4, -0.2) is 29.1 Å². The molecule has 0 N–H and O–H groups in total. The second-order valence-electron chi connectivity index (χ2n) is 6.10. The standard InChI is InChI=1S/C18H20N6/c1-4-5-9-23-13(3)12(2)15-17(23)20-11-24-18(15)21-16(22-24)14-7-6-8-19-10-14/h6-8,10-11H,4-5,9H2,1-3H3. The van der Waals surface area contributed by atoms with Gasteiger partial charge in [0.05, 0.1) is 5.39 Å². The van der Waals surface area contributed by atoms with Crippen molar-refractivity contribution in [1.29, 1.82) is 0 Å². The number of rotatable bonds is 4. The Morgan fingerprint density at radius 2 is 2.04 bits per heavy atom. The fraction of sp³-hybridized carbons (Fsp3) is 0.333. The van der Waals surface area contributed by atoms with Crippen molar-refractivity contribution in [2.75, 3.05) is 0 Å². The number of nitrogens with zero attached hydrogens (tertiary/aromatic N) is 6. The summed E-state index contributed by atoms with van der Waals surface area (Å²) in [6.07, 6.45) is 7.59. The number of fused-ring (bicyclic) bond motifs is 3. The minimum absolute atomic E-state index is 0.677. The number of aryl methyl sites for hydroxylation is 2. The molecule has 0 fully saturated rings. The number of aromatic nitrogens is 6. The number of hydrogen-bond donors (Lipinski definition) is 0. The van der Waals surface area contributed by atoms with Crippen LogP contribution in [0, 0.1) is 13.8 Å². The number of unbranched alkanes of at least 4 members (excludes halogenated alkanes) is 1. The van der Waals surface area contributed by atoms with Crippen LogP contribution in [-0.2, 0) is 6.54 Å². The lowest BCUT2D eigenvalue weighted by atomic mass is 10.2. The van der Waals surface area contributed by atoms with Crippen molar-refractivity contribution >= 4 is 16.7 Å². The third-order valence-corrected chi connectivity index (χ3v) is 4.60. The van der Waals surface area contributed by atoms with E-state index in [9.17, 15) is 0 Å². The van der Waals surface area contributed by atoms with Crippen molar-refractivity contribution in [2.45, 2.75) is 40.2 Å². The van der Waals surface area contributed by atoms with E-state index in [4.69, 9.17) is 4.98 Å². The van der Waals surface area contributed by atoms with E-state index in [2.05, 4.69) is 40.4 Å². The first kappa shape index (κ1) is 14.8. The number of hydrogen-bond acceptors (Lipinski definition) is 4. The van der Waals surface area contributed by atoms with Gasteiger partial charge in [0, 0.05) is 30.2 Å². The molecule has 0 atom stereocenters. The maximum absolute atomic E-state index is 4.77. The van der Waals surface area contributed by atoms with Crippen LogP contribution in [0.3, 0.4) is 0 Å². The normalized spacial score (nSPS) is 11.6. The van der Waals surface area contributed by atoms with Crippen LogP contribution in [0.15, 0.2) is 30.9 Å². The molecular formula is C18H20N6. The van der Waals surface area contributed by atoms with Gasteiger partial charge in [0.2, 0.25) is 0 Å². The summed E-state index contributed by atoms with van der Waals surface area (Å²) < 4.78 is 4.06. The first-order valence-corrected chi connectivity index (χ1v) is 8.32. The largest absolute Gasteiger partial charge is 0.329 e. The fourth-order valence-electron chi connectivity index (χ4n) is 3.14. The summed E-state index contributed by atoms with van der Waals surface area (Å²) in [4.78, 5) is 13.6. The zero-order chi connectivity index (χ0) is 16.7. The van der Waals surface area contributed by atoms with E-state index in [1.54, 1.807) is 23.2 Å². The van der Waals surface area contributed by atoms with Gasteiger partial charge in [-0.1, -0.05) is 13.3 Å². The molecule has 6 nitrogen and oxygen atoms in total. The highest BCUT2D eigenvalue weighted by atomic mass is 15.3. The summed E-state index contributed by atoms with van der Waals surface area (Å²) in [7, 11) is 0. The molecule has 0 aliphatic heterocycles. The molecule has 0 radical (unpaired) electrons. The Labute approximate surface area is 140 Å². The Hall–Kier alpha value is -2.76. The van der Waals surface area contributed by atoms with Crippen LogP contribution in [0.2, 0.25) is 0 Å². The lowest BCUT2D eigenvalue weighted by Gasteiger charge is -2.06. The Kier molecular flexibility index (Phi) is 3.52. The Morgan fingerprint density at radius 1 is 1.17 bits per heavy atom. The molecule has 4 rings (SSSR count). The fourth-order valence-corrected chi connectivity index (χ4v) is 3.14. The Balaban J connectivity index is 1.96. The zero-order valence-corrected chi connectivity index (χ0v) is 14.2. The molecule has 0 bridgehead atoms. The van der Waals surface area contributed by atoms with Gasteiger partial charge < -0.3 is 4.57 Å². The molecule has 0 aromatic carbocycles. The van der Waals surface area contributed by atoms with E-state index in [1.165, 1.54) is 11.3 Å².